The Morgan fingerprint density at radius 1 is 0.667 bits per heavy atom. The maximum absolute atomic E-state index is 6.32. The summed E-state index contributed by atoms with van der Waals surface area (Å²) in [5.74, 6) is 2.70. The quantitative estimate of drug-likeness (QED) is 0.379. The molecular formula is C26H32N2O2. The molecular weight excluding hydrogens is 372 g/mol. The molecule has 0 bridgehead atoms. The molecule has 0 amide bonds. The van der Waals surface area contributed by atoms with Crippen molar-refractivity contribution in [1.82, 2.24) is 9.97 Å². The highest BCUT2D eigenvalue weighted by Crippen LogP contribution is 2.41. The van der Waals surface area contributed by atoms with Crippen LogP contribution in [0.3, 0.4) is 0 Å². The first kappa shape index (κ1) is 21.8. The number of hydrogen-bond donors (Lipinski definition) is 0. The van der Waals surface area contributed by atoms with Crippen LogP contribution >= 0.6 is 0 Å². The summed E-state index contributed by atoms with van der Waals surface area (Å²) in [5, 5.41) is 0. The van der Waals surface area contributed by atoms with Gasteiger partial charge in [0, 0.05) is 35.9 Å². The summed E-state index contributed by atoms with van der Waals surface area (Å²) in [5.41, 5.74) is 4.19. The predicted octanol–water partition coefficient (Wildman–Crippen LogP) is 6.66. The van der Waals surface area contributed by atoms with Crippen molar-refractivity contribution >= 4 is 0 Å². The zero-order valence-electron chi connectivity index (χ0n) is 18.5. The average molecular weight is 405 g/mol. The molecule has 0 fully saturated rings. The Morgan fingerprint density at radius 3 is 1.37 bits per heavy atom. The standard InChI is InChI=1S/C26H32N2O2/c1-5-19(3)17-29-25-15-24(22-9-13-28-14-10-22)26(30-18-20(4)6-2)16-23(25)21-7-11-27-12-8-21/h7-16,19-20H,5-6,17-18H2,1-4H3/t19-,20-/m0/s1. The van der Waals surface area contributed by atoms with Gasteiger partial charge in [0.2, 0.25) is 0 Å². The number of hydrogen-bond acceptors (Lipinski definition) is 4. The lowest BCUT2D eigenvalue weighted by molar-refractivity contribution is 0.251. The van der Waals surface area contributed by atoms with Crippen molar-refractivity contribution in [3.63, 3.8) is 0 Å². The van der Waals surface area contributed by atoms with Crippen LogP contribution in [0.5, 0.6) is 11.5 Å². The number of benzene rings is 1. The molecule has 0 saturated heterocycles. The largest absolute Gasteiger partial charge is 0.493 e. The zero-order chi connectivity index (χ0) is 21.3. The Bertz CT molecular complexity index is 836. The lowest BCUT2D eigenvalue weighted by Gasteiger charge is -2.20. The predicted molar refractivity (Wildman–Crippen MR) is 123 cm³/mol. The van der Waals surface area contributed by atoms with Crippen LogP contribution in [0.4, 0.5) is 0 Å². The fourth-order valence-electron chi connectivity index (χ4n) is 3.01. The highest BCUT2D eigenvalue weighted by molar-refractivity contribution is 5.81. The van der Waals surface area contributed by atoms with E-state index < -0.39 is 0 Å². The Hall–Kier alpha value is -2.88. The van der Waals surface area contributed by atoms with E-state index in [1.54, 1.807) is 0 Å². The molecule has 2 atom stereocenters. The Morgan fingerprint density at radius 2 is 1.03 bits per heavy atom. The van der Waals surface area contributed by atoms with Crippen LogP contribution in [0.1, 0.15) is 40.5 Å². The van der Waals surface area contributed by atoms with Gasteiger partial charge in [-0.1, -0.05) is 40.5 Å². The van der Waals surface area contributed by atoms with Crippen molar-refractivity contribution in [2.45, 2.75) is 40.5 Å². The average Bonchev–Trinajstić information content (AvgIpc) is 2.81. The molecule has 0 unspecified atom stereocenters. The van der Waals surface area contributed by atoms with Crippen LogP contribution in [-0.4, -0.2) is 23.2 Å². The van der Waals surface area contributed by atoms with E-state index in [-0.39, 0.29) is 0 Å². The van der Waals surface area contributed by atoms with Gasteiger partial charge in [-0.3, -0.25) is 9.97 Å². The van der Waals surface area contributed by atoms with Gasteiger partial charge in [0.15, 0.2) is 0 Å². The first-order valence-corrected chi connectivity index (χ1v) is 10.9. The van der Waals surface area contributed by atoms with Crippen molar-refractivity contribution in [2.24, 2.45) is 11.8 Å². The molecule has 0 aliphatic carbocycles. The molecule has 2 heterocycles. The number of rotatable bonds is 10. The van der Waals surface area contributed by atoms with Crippen molar-refractivity contribution < 1.29 is 9.47 Å². The Labute approximate surface area is 180 Å². The normalized spacial score (nSPS) is 12.9. The second kappa shape index (κ2) is 10.8. The Balaban J connectivity index is 2.09. The van der Waals surface area contributed by atoms with Gasteiger partial charge >= 0.3 is 0 Å². The first-order valence-electron chi connectivity index (χ1n) is 10.9. The molecule has 0 aliphatic heterocycles. The monoisotopic (exact) mass is 404 g/mol. The fraction of sp³-hybridized carbons (Fsp3) is 0.385. The van der Waals surface area contributed by atoms with Crippen LogP contribution < -0.4 is 9.47 Å². The second-order valence-electron chi connectivity index (χ2n) is 7.97. The molecule has 0 N–H and O–H groups in total. The van der Waals surface area contributed by atoms with E-state index in [0.717, 1.165) is 46.6 Å². The van der Waals surface area contributed by atoms with Gasteiger partial charge in [-0.25, -0.2) is 0 Å². The van der Waals surface area contributed by atoms with Gasteiger partial charge in [0.25, 0.3) is 0 Å². The van der Waals surface area contributed by atoms with E-state index in [1.165, 1.54) is 0 Å². The molecule has 0 radical (unpaired) electrons. The molecule has 0 aliphatic rings. The summed E-state index contributed by atoms with van der Waals surface area (Å²) in [4.78, 5) is 8.33. The minimum absolute atomic E-state index is 0.487. The third kappa shape index (κ3) is 5.59. The van der Waals surface area contributed by atoms with Gasteiger partial charge in [0.1, 0.15) is 11.5 Å². The molecule has 0 saturated carbocycles. The van der Waals surface area contributed by atoms with Crippen LogP contribution in [0.15, 0.2) is 61.2 Å². The number of ether oxygens (including phenoxy) is 2. The van der Waals surface area contributed by atoms with Crippen molar-refractivity contribution in [1.29, 1.82) is 0 Å². The lowest BCUT2D eigenvalue weighted by Crippen LogP contribution is -2.10. The van der Waals surface area contributed by atoms with E-state index in [1.807, 2.05) is 49.1 Å². The van der Waals surface area contributed by atoms with Crippen molar-refractivity contribution in [2.75, 3.05) is 13.2 Å². The minimum atomic E-state index is 0.487. The maximum Gasteiger partial charge on any atom is 0.128 e. The molecule has 3 rings (SSSR count). The molecule has 4 heteroatoms. The molecule has 1 aromatic carbocycles. The summed E-state index contributed by atoms with van der Waals surface area (Å²) < 4.78 is 12.6. The number of nitrogens with zero attached hydrogens (tertiary/aromatic N) is 2. The van der Waals surface area contributed by atoms with Gasteiger partial charge in [-0.15, -0.1) is 0 Å². The summed E-state index contributed by atoms with van der Waals surface area (Å²) in [6, 6.07) is 12.3. The molecule has 2 aromatic heterocycles. The number of pyridine rings is 2. The summed E-state index contributed by atoms with van der Waals surface area (Å²) in [6.45, 7) is 10.1. The summed E-state index contributed by atoms with van der Waals surface area (Å²) in [6.07, 6.45) is 9.40. The smallest absolute Gasteiger partial charge is 0.128 e. The van der Waals surface area contributed by atoms with Crippen LogP contribution in [0.2, 0.25) is 0 Å². The van der Waals surface area contributed by atoms with Gasteiger partial charge < -0.3 is 9.47 Å². The van der Waals surface area contributed by atoms with Crippen molar-refractivity contribution in [3.05, 3.63) is 61.2 Å². The SMILES string of the molecule is CC[C@H](C)COc1cc(-c2ccncc2)c(OC[C@@H](C)CC)cc1-c1ccncc1. The van der Waals surface area contributed by atoms with Crippen LogP contribution in [0, 0.1) is 11.8 Å². The van der Waals surface area contributed by atoms with Gasteiger partial charge in [-0.05, 0) is 59.4 Å². The van der Waals surface area contributed by atoms with E-state index in [2.05, 4.69) is 49.8 Å². The third-order valence-corrected chi connectivity index (χ3v) is 5.50. The maximum atomic E-state index is 6.32. The second-order valence-corrected chi connectivity index (χ2v) is 7.97. The van der Waals surface area contributed by atoms with Crippen molar-refractivity contribution in [3.8, 4) is 33.8 Å². The topological polar surface area (TPSA) is 44.2 Å². The van der Waals surface area contributed by atoms with E-state index in [0.29, 0.717) is 25.0 Å². The minimum Gasteiger partial charge on any atom is -0.493 e. The van der Waals surface area contributed by atoms with Crippen LogP contribution in [-0.2, 0) is 0 Å². The summed E-state index contributed by atoms with van der Waals surface area (Å²) in [7, 11) is 0. The highest BCUT2D eigenvalue weighted by atomic mass is 16.5. The lowest BCUT2D eigenvalue weighted by atomic mass is 9.98. The Kier molecular flexibility index (Phi) is 7.83. The molecule has 3 aromatic rings. The van der Waals surface area contributed by atoms with Gasteiger partial charge in [0.05, 0.1) is 13.2 Å². The molecule has 30 heavy (non-hydrogen) atoms. The molecule has 4 nitrogen and oxygen atoms in total. The fourth-order valence-corrected chi connectivity index (χ4v) is 3.01. The van der Waals surface area contributed by atoms with E-state index >= 15 is 0 Å². The van der Waals surface area contributed by atoms with E-state index in [4.69, 9.17) is 9.47 Å². The molecule has 158 valence electrons. The number of aromatic nitrogens is 2. The van der Waals surface area contributed by atoms with Gasteiger partial charge in [-0.2, -0.15) is 0 Å². The van der Waals surface area contributed by atoms with Crippen LogP contribution in [0.25, 0.3) is 22.3 Å². The first-order chi connectivity index (χ1) is 14.6. The van der Waals surface area contributed by atoms with E-state index in [9.17, 15) is 0 Å². The highest BCUT2D eigenvalue weighted by Gasteiger charge is 2.17. The zero-order valence-corrected chi connectivity index (χ0v) is 18.5. The summed E-state index contributed by atoms with van der Waals surface area (Å²) >= 11 is 0. The third-order valence-electron chi connectivity index (χ3n) is 5.50. The molecule has 0 spiro atoms.